The summed E-state index contributed by atoms with van der Waals surface area (Å²) in [7, 11) is 1.25. The van der Waals surface area contributed by atoms with Crippen molar-refractivity contribution in [3.8, 4) is 5.69 Å². The second-order valence-electron chi connectivity index (χ2n) is 5.28. The quantitative estimate of drug-likeness (QED) is 0.794. The second-order valence-corrected chi connectivity index (χ2v) is 5.28. The summed E-state index contributed by atoms with van der Waals surface area (Å²) < 4.78 is 19.6. The molecule has 1 N–H and O–H groups in total. The Balaban J connectivity index is 2.35. The van der Waals surface area contributed by atoms with E-state index in [0.29, 0.717) is 12.1 Å². The molecular weight excluding hydrogens is 317 g/mol. The van der Waals surface area contributed by atoms with Gasteiger partial charge < -0.3 is 10.1 Å². The maximum Gasteiger partial charge on any atom is 0.328 e. The molecule has 128 valence electrons. The molecule has 0 saturated carbocycles. The van der Waals surface area contributed by atoms with Gasteiger partial charge in [0.2, 0.25) is 0 Å². The highest BCUT2D eigenvalue weighted by Gasteiger charge is 2.28. The smallest absolute Gasteiger partial charge is 0.328 e. The highest BCUT2D eigenvalue weighted by atomic mass is 19.1. The Morgan fingerprint density at radius 1 is 1.42 bits per heavy atom. The number of hydrogen-bond donors (Lipinski definition) is 1. The normalized spacial score (nSPS) is 13.2. The first kappa shape index (κ1) is 17.5. The van der Waals surface area contributed by atoms with Crippen LogP contribution in [0, 0.1) is 11.7 Å². The number of nitrogens with zero attached hydrogens (tertiary/aromatic N) is 4. The predicted octanol–water partition coefficient (Wildman–Crippen LogP) is 1.12. The Hall–Kier alpha value is -2.84. The van der Waals surface area contributed by atoms with Crippen molar-refractivity contribution in [1.82, 2.24) is 25.5 Å². The van der Waals surface area contributed by atoms with Crippen molar-refractivity contribution in [2.45, 2.75) is 26.3 Å². The van der Waals surface area contributed by atoms with E-state index in [1.165, 1.54) is 30.3 Å². The molecule has 1 amide bonds. The van der Waals surface area contributed by atoms with E-state index < -0.39 is 23.7 Å². The zero-order valence-electron chi connectivity index (χ0n) is 13.6. The lowest BCUT2D eigenvalue weighted by molar-refractivity contribution is -0.144. The van der Waals surface area contributed by atoms with Crippen LogP contribution in [0.25, 0.3) is 5.69 Å². The number of aromatic nitrogens is 4. The van der Waals surface area contributed by atoms with Crippen LogP contribution < -0.4 is 5.32 Å². The first-order valence-electron chi connectivity index (χ1n) is 7.39. The van der Waals surface area contributed by atoms with Gasteiger partial charge in [-0.15, -0.1) is 5.10 Å². The highest BCUT2D eigenvalue weighted by molar-refractivity contribution is 5.99. The van der Waals surface area contributed by atoms with Crippen LogP contribution in [-0.4, -0.2) is 45.2 Å². The van der Waals surface area contributed by atoms with E-state index in [1.807, 2.05) is 13.8 Å². The predicted molar refractivity (Wildman–Crippen MR) is 81.8 cm³/mol. The average molecular weight is 335 g/mol. The minimum Gasteiger partial charge on any atom is -0.467 e. The standard InChI is InChI=1S/C15H18FN5O3/c1-4-9(2)13(15(23)24-3)18-14(22)11-7-10(16)5-6-12(11)21-8-17-19-20-21/h5-9,13H,4H2,1-3H3,(H,18,22)/t9-,13-/m0/s1. The van der Waals surface area contributed by atoms with Gasteiger partial charge in [0.15, 0.2) is 0 Å². The highest BCUT2D eigenvalue weighted by Crippen LogP contribution is 2.17. The third-order valence-electron chi connectivity index (χ3n) is 3.75. The number of hydrogen-bond acceptors (Lipinski definition) is 6. The van der Waals surface area contributed by atoms with E-state index in [2.05, 4.69) is 20.8 Å². The minimum atomic E-state index is -0.836. The molecule has 0 spiro atoms. The zero-order chi connectivity index (χ0) is 17.7. The number of carbonyl (C=O) groups is 2. The van der Waals surface area contributed by atoms with E-state index in [1.54, 1.807) is 0 Å². The molecule has 2 atom stereocenters. The first-order chi connectivity index (χ1) is 11.5. The van der Waals surface area contributed by atoms with Crippen LogP contribution in [0.1, 0.15) is 30.6 Å². The largest absolute Gasteiger partial charge is 0.467 e. The van der Waals surface area contributed by atoms with Crippen molar-refractivity contribution in [2.24, 2.45) is 5.92 Å². The molecule has 0 radical (unpaired) electrons. The molecule has 9 heteroatoms. The van der Waals surface area contributed by atoms with Crippen LogP contribution >= 0.6 is 0 Å². The number of ether oxygens (including phenoxy) is 1. The monoisotopic (exact) mass is 335 g/mol. The number of halogens is 1. The van der Waals surface area contributed by atoms with Gasteiger partial charge in [-0.1, -0.05) is 20.3 Å². The van der Waals surface area contributed by atoms with Gasteiger partial charge in [0.05, 0.1) is 18.4 Å². The molecule has 2 aromatic rings. The van der Waals surface area contributed by atoms with Gasteiger partial charge >= 0.3 is 5.97 Å². The summed E-state index contributed by atoms with van der Waals surface area (Å²) in [5, 5.41) is 13.3. The number of amides is 1. The molecule has 0 saturated heterocycles. The molecular formula is C15H18FN5O3. The summed E-state index contributed by atoms with van der Waals surface area (Å²) in [5.74, 6) is -1.91. The molecule has 0 aliphatic carbocycles. The number of nitrogens with one attached hydrogen (secondary N) is 1. The molecule has 0 unspecified atom stereocenters. The molecule has 0 bridgehead atoms. The Kier molecular flexibility index (Phi) is 5.56. The summed E-state index contributed by atoms with van der Waals surface area (Å²) in [5.41, 5.74) is 0.311. The maximum absolute atomic E-state index is 13.6. The number of benzene rings is 1. The number of esters is 1. The van der Waals surface area contributed by atoms with Crippen molar-refractivity contribution in [2.75, 3.05) is 7.11 Å². The van der Waals surface area contributed by atoms with Crippen LogP contribution in [0.2, 0.25) is 0 Å². The van der Waals surface area contributed by atoms with Crippen molar-refractivity contribution in [3.63, 3.8) is 0 Å². The Labute approximate surface area is 138 Å². The van der Waals surface area contributed by atoms with Crippen LogP contribution in [0.3, 0.4) is 0 Å². The first-order valence-corrected chi connectivity index (χ1v) is 7.39. The fraction of sp³-hybridized carbons (Fsp3) is 0.400. The van der Waals surface area contributed by atoms with Crippen LogP contribution in [0.15, 0.2) is 24.5 Å². The van der Waals surface area contributed by atoms with Gasteiger partial charge in [0.1, 0.15) is 18.2 Å². The van der Waals surface area contributed by atoms with E-state index in [-0.39, 0.29) is 11.5 Å². The van der Waals surface area contributed by atoms with E-state index in [9.17, 15) is 14.0 Å². The number of carbonyl (C=O) groups excluding carboxylic acids is 2. The summed E-state index contributed by atoms with van der Waals surface area (Å²) in [6.07, 6.45) is 1.94. The van der Waals surface area contributed by atoms with Gasteiger partial charge in [-0.25, -0.2) is 9.18 Å². The molecule has 2 rings (SSSR count). The van der Waals surface area contributed by atoms with Crippen molar-refractivity contribution in [1.29, 1.82) is 0 Å². The topological polar surface area (TPSA) is 99.0 Å². The molecule has 0 aliphatic heterocycles. The second kappa shape index (κ2) is 7.62. The summed E-state index contributed by atoms with van der Waals surface area (Å²) in [4.78, 5) is 24.5. The van der Waals surface area contributed by atoms with Crippen LogP contribution in [0.5, 0.6) is 0 Å². The maximum atomic E-state index is 13.6. The average Bonchev–Trinajstić information content (AvgIpc) is 3.12. The van der Waals surface area contributed by atoms with Crippen molar-refractivity contribution in [3.05, 3.63) is 35.9 Å². The Morgan fingerprint density at radius 2 is 2.17 bits per heavy atom. The van der Waals surface area contributed by atoms with Crippen LogP contribution in [0.4, 0.5) is 4.39 Å². The van der Waals surface area contributed by atoms with E-state index in [4.69, 9.17) is 4.74 Å². The van der Waals surface area contributed by atoms with Gasteiger partial charge in [-0.3, -0.25) is 4.79 Å². The van der Waals surface area contributed by atoms with E-state index >= 15 is 0 Å². The molecule has 0 aliphatic rings. The number of tetrazole rings is 1. The molecule has 1 aromatic heterocycles. The van der Waals surface area contributed by atoms with E-state index in [0.717, 1.165) is 6.07 Å². The lowest BCUT2D eigenvalue weighted by atomic mass is 9.98. The SMILES string of the molecule is CC[C@H](C)[C@H](NC(=O)c1cc(F)ccc1-n1cnnn1)C(=O)OC. The lowest BCUT2D eigenvalue weighted by Crippen LogP contribution is -2.45. The minimum absolute atomic E-state index is 0.0134. The number of rotatable bonds is 6. The lowest BCUT2D eigenvalue weighted by Gasteiger charge is -2.22. The summed E-state index contributed by atoms with van der Waals surface area (Å²) in [6, 6.07) is 2.81. The van der Waals surface area contributed by atoms with Crippen molar-refractivity contribution < 1.29 is 18.7 Å². The molecule has 1 heterocycles. The van der Waals surface area contributed by atoms with Gasteiger partial charge in [0.25, 0.3) is 5.91 Å². The van der Waals surface area contributed by atoms with Gasteiger partial charge in [-0.05, 0) is 34.5 Å². The molecule has 8 nitrogen and oxygen atoms in total. The van der Waals surface area contributed by atoms with Gasteiger partial charge in [0, 0.05) is 0 Å². The number of methoxy groups -OCH3 is 1. The third kappa shape index (κ3) is 3.73. The third-order valence-corrected chi connectivity index (χ3v) is 3.75. The Bertz CT molecular complexity index is 720. The fourth-order valence-electron chi connectivity index (χ4n) is 2.18. The summed E-state index contributed by atoms with van der Waals surface area (Å²) in [6.45, 7) is 3.71. The molecule has 1 aromatic carbocycles. The zero-order valence-corrected chi connectivity index (χ0v) is 13.6. The summed E-state index contributed by atoms with van der Waals surface area (Å²) >= 11 is 0. The van der Waals surface area contributed by atoms with Crippen LogP contribution in [-0.2, 0) is 9.53 Å². The van der Waals surface area contributed by atoms with Crippen molar-refractivity contribution >= 4 is 11.9 Å². The van der Waals surface area contributed by atoms with Gasteiger partial charge in [-0.2, -0.15) is 4.68 Å². The molecule has 24 heavy (non-hydrogen) atoms. The molecule has 0 fully saturated rings. The Morgan fingerprint density at radius 3 is 2.75 bits per heavy atom. The fourth-order valence-corrected chi connectivity index (χ4v) is 2.18.